The number of amides is 1. The van der Waals surface area contributed by atoms with E-state index in [2.05, 4.69) is 27.3 Å². The van der Waals surface area contributed by atoms with E-state index < -0.39 is 15.9 Å². The summed E-state index contributed by atoms with van der Waals surface area (Å²) in [4.78, 5) is 12.0. The number of hydrogen-bond acceptors (Lipinski definition) is 3. The van der Waals surface area contributed by atoms with Crippen LogP contribution in [0.15, 0.2) is 53.4 Å². The van der Waals surface area contributed by atoms with Gasteiger partial charge in [0.2, 0.25) is 0 Å². The van der Waals surface area contributed by atoms with E-state index in [0.29, 0.717) is 5.56 Å². The monoisotopic (exact) mass is 401 g/mol. The summed E-state index contributed by atoms with van der Waals surface area (Å²) in [6.45, 7) is 1.86. The number of rotatable bonds is 3. The minimum absolute atomic E-state index is 0.0714. The van der Waals surface area contributed by atoms with Crippen molar-refractivity contribution in [2.45, 2.75) is 11.8 Å². The molecule has 1 N–H and O–H groups in total. The van der Waals surface area contributed by atoms with Crippen molar-refractivity contribution in [2.24, 2.45) is 0 Å². The Kier molecular flexibility index (Phi) is 4.44. The van der Waals surface area contributed by atoms with Crippen LogP contribution in [0.3, 0.4) is 0 Å². The second-order valence-corrected chi connectivity index (χ2v) is 7.19. The molecule has 6 heteroatoms. The van der Waals surface area contributed by atoms with E-state index in [1.165, 1.54) is 12.1 Å². The first-order valence-corrected chi connectivity index (χ1v) is 8.34. The number of nitrogens with one attached hydrogen (secondary N) is 1. The average molecular weight is 401 g/mol. The van der Waals surface area contributed by atoms with Crippen molar-refractivity contribution < 1.29 is 13.2 Å². The van der Waals surface area contributed by atoms with Crippen molar-refractivity contribution in [3.05, 3.63) is 63.2 Å². The number of halogens is 1. The third-order valence-corrected chi connectivity index (χ3v) is 4.66. The molecule has 1 amide bonds. The van der Waals surface area contributed by atoms with E-state index in [-0.39, 0.29) is 4.90 Å². The molecule has 0 aliphatic carbocycles. The van der Waals surface area contributed by atoms with E-state index >= 15 is 0 Å². The fourth-order valence-corrected chi connectivity index (χ4v) is 3.10. The van der Waals surface area contributed by atoms with Gasteiger partial charge in [-0.3, -0.25) is 4.79 Å². The molecule has 2 rings (SSSR count). The number of carbonyl (C=O) groups is 1. The molecule has 0 aliphatic heterocycles. The minimum Gasteiger partial charge on any atom is -0.268 e. The summed E-state index contributed by atoms with van der Waals surface area (Å²) >= 11 is 2.06. The molecular weight excluding hydrogens is 389 g/mol. The SMILES string of the molecule is Cc1ccc(S(=O)(=O)NC(=O)c2cccc(I)c2)cc1. The lowest BCUT2D eigenvalue weighted by Crippen LogP contribution is -2.30. The topological polar surface area (TPSA) is 63.2 Å². The smallest absolute Gasteiger partial charge is 0.265 e. The van der Waals surface area contributed by atoms with E-state index in [9.17, 15) is 13.2 Å². The molecule has 2 aromatic carbocycles. The predicted molar refractivity (Wildman–Crippen MR) is 85.0 cm³/mol. The number of hydrogen-bond donors (Lipinski definition) is 1. The molecule has 0 unspecified atom stereocenters. The van der Waals surface area contributed by atoms with Crippen LogP contribution in [-0.4, -0.2) is 14.3 Å². The third-order valence-electron chi connectivity index (χ3n) is 2.65. The first-order chi connectivity index (χ1) is 9.38. The summed E-state index contributed by atoms with van der Waals surface area (Å²) in [5.41, 5.74) is 1.26. The van der Waals surface area contributed by atoms with Crippen molar-refractivity contribution in [2.75, 3.05) is 0 Å². The standard InChI is InChI=1S/C14H12INO3S/c1-10-5-7-13(8-6-10)20(18,19)16-14(17)11-3-2-4-12(15)9-11/h2-9H,1H3,(H,16,17). The van der Waals surface area contributed by atoms with Crippen molar-refractivity contribution in [1.29, 1.82) is 0 Å². The fourth-order valence-electron chi connectivity index (χ4n) is 1.59. The number of carbonyl (C=O) groups excluding carboxylic acids is 1. The summed E-state index contributed by atoms with van der Waals surface area (Å²) in [7, 11) is -3.84. The van der Waals surface area contributed by atoms with Crippen LogP contribution in [0, 0.1) is 10.5 Å². The highest BCUT2D eigenvalue weighted by Crippen LogP contribution is 2.12. The van der Waals surface area contributed by atoms with E-state index in [1.54, 1.807) is 30.3 Å². The molecule has 0 bridgehead atoms. The van der Waals surface area contributed by atoms with Crippen LogP contribution in [0.2, 0.25) is 0 Å². The van der Waals surface area contributed by atoms with Gasteiger partial charge in [-0.05, 0) is 59.8 Å². The van der Waals surface area contributed by atoms with Crippen LogP contribution < -0.4 is 4.72 Å². The zero-order chi connectivity index (χ0) is 14.8. The summed E-state index contributed by atoms with van der Waals surface area (Å²) in [6.07, 6.45) is 0. The van der Waals surface area contributed by atoms with Gasteiger partial charge in [0.05, 0.1) is 4.90 Å². The fraction of sp³-hybridized carbons (Fsp3) is 0.0714. The van der Waals surface area contributed by atoms with Gasteiger partial charge in [-0.25, -0.2) is 13.1 Å². The molecule has 0 radical (unpaired) electrons. The summed E-state index contributed by atoms with van der Waals surface area (Å²) < 4.78 is 27.1. The maximum absolute atomic E-state index is 12.1. The van der Waals surface area contributed by atoms with E-state index in [4.69, 9.17) is 0 Å². The molecule has 4 nitrogen and oxygen atoms in total. The Hall–Kier alpha value is -1.41. The van der Waals surface area contributed by atoms with E-state index in [0.717, 1.165) is 9.13 Å². The summed E-state index contributed by atoms with van der Waals surface area (Å²) in [6, 6.07) is 13.0. The van der Waals surface area contributed by atoms with Crippen molar-refractivity contribution in [1.82, 2.24) is 4.72 Å². The normalized spacial score (nSPS) is 11.1. The van der Waals surface area contributed by atoms with Gasteiger partial charge >= 0.3 is 0 Å². The lowest BCUT2D eigenvalue weighted by Gasteiger charge is -2.07. The minimum atomic E-state index is -3.84. The molecule has 0 atom stereocenters. The molecule has 0 aliphatic rings. The highest BCUT2D eigenvalue weighted by Gasteiger charge is 2.18. The third kappa shape index (κ3) is 3.57. The Morgan fingerprint density at radius 1 is 1.10 bits per heavy atom. The van der Waals surface area contributed by atoms with E-state index in [1.807, 2.05) is 13.0 Å². The first-order valence-electron chi connectivity index (χ1n) is 5.78. The van der Waals surface area contributed by atoms with Gasteiger partial charge in [-0.2, -0.15) is 0 Å². The Bertz CT molecular complexity index is 739. The molecule has 0 spiro atoms. The Morgan fingerprint density at radius 2 is 1.75 bits per heavy atom. The molecule has 0 saturated heterocycles. The van der Waals surface area contributed by atoms with Crippen LogP contribution in [0.5, 0.6) is 0 Å². The Balaban J connectivity index is 2.24. The molecule has 0 saturated carbocycles. The highest BCUT2D eigenvalue weighted by molar-refractivity contribution is 14.1. The van der Waals surface area contributed by atoms with Crippen LogP contribution in [0.4, 0.5) is 0 Å². The number of sulfonamides is 1. The van der Waals surface area contributed by atoms with Gasteiger partial charge in [0.25, 0.3) is 15.9 Å². The van der Waals surface area contributed by atoms with Gasteiger partial charge in [0.1, 0.15) is 0 Å². The van der Waals surface area contributed by atoms with Gasteiger partial charge in [-0.1, -0.05) is 23.8 Å². The van der Waals surface area contributed by atoms with Crippen molar-refractivity contribution in [3.8, 4) is 0 Å². The average Bonchev–Trinajstić information content (AvgIpc) is 2.38. The second kappa shape index (κ2) is 5.92. The lowest BCUT2D eigenvalue weighted by atomic mass is 10.2. The Labute approximate surface area is 131 Å². The molecule has 104 valence electrons. The van der Waals surface area contributed by atoms with Gasteiger partial charge in [0, 0.05) is 9.13 Å². The van der Waals surface area contributed by atoms with Crippen LogP contribution in [0.1, 0.15) is 15.9 Å². The molecular formula is C14H12INO3S. The molecule has 0 aromatic heterocycles. The summed E-state index contributed by atoms with van der Waals surface area (Å²) in [5.74, 6) is -0.635. The zero-order valence-electron chi connectivity index (χ0n) is 10.6. The lowest BCUT2D eigenvalue weighted by molar-refractivity contribution is 0.0981. The quantitative estimate of drug-likeness (QED) is 0.805. The molecule has 0 heterocycles. The predicted octanol–water partition coefficient (Wildman–Crippen LogP) is 2.72. The van der Waals surface area contributed by atoms with Crippen molar-refractivity contribution in [3.63, 3.8) is 0 Å². The number of benzene rings is 2. The second-order valence-electron chi connectivity index (χ2n) is 4.26. The van der Waals surface area contributed by atoms with Gasteiger partial charge in [0.15, 0.2) is 0 Å². The molecule has 0 fully saturated rings. The van der Waals surface area contributed by atoms with Crippen molar-refractivity contribution >= 4 is 38.5 Å². The maximum atomic E-state index is 12.1. The summed E-state index contributed by atoms with van der Waals surface area (Å²) in [5, 5.41) is 0. The van der Waals surface area contributed by atoms with Crippen LogP contribution in [0.25, 0.3) is 0 Å². The zero-order valence-corrected chi connectivity index (χ0v) is 13.6. The molecule has 20 heavy (non-hydrogen) atoms. The molecule has 2 aromatic rings. The Morgan fingerprint density at radius 3 is 2.35 bits per heavy atom. The first kappa shape index (κ1) is 15.0. The van der Waals surface area contributed by atoms with Gasteiger partial charge < -0.3 is 0 Å². The van der Waals surface area contributed by atoms with Gasteiger partial charge in [-0.15, -0.1) is 0 Å². The maximum Gasteiger partial charge on any atom is 0.265 e. The van der Waals surface area contributed by atoms with Crippen LogP contribution in [-0.2, 0) is 10.0 Å². The largest absolute Gasteiger partial charge is 0.268 e. The van der Waals surface area contributed by atoms with Crippen LogP contribution >= 0.6 is 22.6 Å². The number of aryl methyl sites for hydroxylation is 1. The highest BCUT2D eigenvalue weighted by atomic mass is 127.